The van der Waals surface area contributed by atoms with Gasteiger partial charge in [0.05, 0.1) is 23.0 Å². The van der Waals surface area contributed by atoms with Crippen LogP contribution in [0.4, 0.5) is 5.82 Å². The molecule has 0 fully saturated rings. The third-order valence-corrected chi connectivity index (χ3v) is 4.58. The van der Waals surface area contributed by atoms with Gasteiger partial charge in [0.2, 0.25) is 0 Å². The van der Waals surface area contributed by atoms with Crippen LogP contribution in [0.2, 0.25) is 10.0 Å². The van der Waals surface area contributed by atoms with E-state index in [1.54, 1.807) is 6.07 Å². The van der Waals surface area contributed by atoms with E-state index in [9.17, 15) is 0 Å². The van der Waals surface area contributed by atoms with Crippen LogP contribution in [0.15, 0.2) is 18.2 Å². The lowest BCUT2D eigenvalue weighted by atomic mass is 10.1. The largest absolute Gasteiger partial charge is 0.381 e. The molecule has 2 heterocycles. The fourth-order valence-corrected chi connectivity index (χ4v) is 3.40. The average Bonchev–Trinajstić information content (AvgIpc) is 2.71. The van der Waals surface area contributed by atoms with E-state index >= 15 is 0 Å². The molecule has 1 aromatic carbocycles. The minimum Gasteiger partial charge on any atom is -0.381 e. The molecule has 0 saturated carbocycles. The van der Waals surface area contributed by atoms with Gasteiger partial charge in [0.25, 0.3) is 0 Å². The van der Waals surface area contributed by atoms with Gasteiger partial charge in [0.15, 0.2) is 0 Å². The summed E-state index contributed by atoms with van der Waals surface area (Å²) in [6.07, 6.45) is 4.18. The first-order valence-electron chi connectivity index (χ1n) is 8.08. The van der Waals surface area contributed by atoms with E-state index in [4.69, 9.17) is 33.0 Å². The van der Waals surface area contributed by atoms with Crippen molar-refractivity contribution in [3.8, 4) is 5.69 Å². The Kier molecular flexibility index (Phi) is 5.46. The molecule has 3 rings (SSSR count). The third kappa shape index (κ3) is 3.65. The van der Waals surface area contributed by atoms with Crippen molar-refractivity contribution in [1.29, 1.82) is 0 Å². The molecule has 1 N–H and O–H groups in total. The summed E-state index contributed by atoms with van der Waals surface area (Å²) >= 11 is 12.4. The van der Waals surface area contributed by atoms with Gasteiger partial charge in [0.1, 0.15) is 5.82 Å². The molecule has 6 heteroatoms. The maximum Gasteiger partial charge on any atom is 0.133 e. The number of ether oxygens (including phenoxy) is 1. The van der Waals surface area contributed by atoms with Gasteiger partial charge in [-0.2, -0.15) is 5.10 Å². The Morgan fingerprint density at radius 2 is 2.17 bits per heavy atom. The van der Waals surface area contributed by atoms with Gasteiger partial charge >= 0.3 is 0 Å². The second kappa shape index (κ2) is 7.56. The molecule has 1 aliphatic heterocycles. The van der Waals surface area contributed by atoms with Crippen LogP contribution in [0.25, 0.3) is 5.69 Å². The Balaban J connectivity index is 2.02. The van der Waals surface area contributed by atoms with Crippen LogP contribution in [-0.2, 0) is 17.6 Å². The lowest BCUT2D eigenvalue weighted by Gasteiger charge is -2.11. The number of hydrogen-bond acceptors (Lipinski definition) is 3. The van der Waals surface area contributed by atoms with Crippen LogP contribution >= 0.6 is 23.2 Å². The summed E-state index contributed by atoms with van der Waals surface area (Å²) in [6, 6.07) is 5.51. The molecule has 0 aliphatic carbocycles. The molecule has 1 aliphatic rings. The highest BCUT2D eigenvalue weighted by molar-refractivity contribution is 6.35. The number of aromatic nitrogens is 2. The van der Waals surface area contributed by atoms with Crippen molar-refractivity contribution < 1.29 is 4.74 Å². The predicted octanol–water partition coefficient (Wildman–Crippen LogP) is 4.51. The highest BCUT2D eigenvalue weighted by Gasteiger charge is 2.21. The molecule has 0 spiro atoms. The molecule has 0 atom stereocenters. The van der Waals surface area contributed by atoms with E-state index in [2.05, 4.69) is 5.32 Å². The first-order valence-corrected chi connectivity index (χ1v) is 8.84. The van der Waals surface area contributed by atoms with E-state index in [0.29, 0.717) is 16.7 Å². The zero-order valence-corrected chi connectivity index (χ0v) is 14.8. The summed E-state index contributed by atoms with van der Waals surface area (Å²) < 4.78 is 7.42. The minimum absolute atomic E-state index is 0.602. The number of halogens is 2. The standard InChI is InChI=1S/C17H21Cl2N3O/c1-2-23-10-8-15-13-5-3-4-9-20-17(13)22(21-15)16-7-6-12(18)11-14(16)19/h6-7,11,20H,2-5,8-10H2,1H3. The second-order valence-electron chi connectivity index (χ2n) is 5.61. The zero-order chi connectivity index (χ0) is 16.2. The molecule has 1 aromatic heterocycles. The summed E-state index contributed by atoms with van der Waals surface area (Å²) in [5, 5.41) is 9.55. The summed E-state index contributed by atoms with van der Waals surface area (Å²) in [5.74, 6) is 1.05. The number of rotatable bonds is 5. The molecule has 4 nitrogen and oxygen atoms in total. The quantitative estimate of drug-likeness (QED) is 0.804. The van der Waals surface area contributed by atoms with Crippen molar-refractivity contribution in [2.24, 2.45) is 0 Å². The van der Waals surface area contributed by atoms with E-state index in [0.717, 1.165) is 49.6 Å². The Labute approximate surface area is 146 Å². The SMILES string of the molecule is CCOCCc1nn(-c2ccc(Cl)cc2Cl)c2c1CCCCN2. The molecule has 124 valence electrons. The van der Waals surface area contributed by atoms with Gasteiger partial charge in [-0.05, 0) is 44.4 Å². The van der Waals surface area contributed by atoms with Crippen LogP contribution < -0.4 is 5.32 Å². The predicted molar refractivity (Wildman–Crippen MR) is 95.2 cm³/mol. The number of anilines is 1. The molecular formula is C17H21Cl2N3O. The van der Waals surface area contributed by atoms with Gasteiger partial charge in [0, 0.05) is 30.2 Å². The second-order valence-corrected chi connectivity index (χ2v) is 6.46. The van der Waals surface area contributed by atoms with Crippen LogP contribution in [0.1, 0.15) is 31.0 Å². The molecule has 0 radical (unpaired) electrons. The van der Waals surface area contributed by atoms with Crippen LogP contribution in [0.3, 0.4) is 0 Å². The average molecular weight is 354 g/mol. The van der Waals surface area contributed by atoms with Crippen LogP contribution in [0, 0.1) is 0 Å². The fraction of sp³-hybridized carbons (Fsp3) is 0.471. The van der Waals surface area contributed by atoms with Gasteiger partial charge in [-0.15, -0.1) is 0 Å². The monoisotopic (exact) mass is 353 g/mol. The molecule has 0 saturated heterocycles. The molecule has 0 unspecified atom stereocenters. The van der Waals surface area contributed by atoms with Gasteiger partial charge in [-0.25, -0.2) is 4.68 Å². The summed E-state index contributed by atoms with van der Waals surface area (Å²) in [6.45, 7) is 4.38. The van der Waals surface area contributed by atoms with E-state index in [1.807, 2.05) is 23.7 Å². The Hall–Kier alpha value is -1.23. The molecule has 0 bridgehead atoms. The van der Waals surface area contributed by atoms with Gasteiger partial charge in [-0.1, -0.05) is 23.2 Å². The van der Waals surface area contributed by atoms with Gasteiger partial charge in [-0.3, -0.25) is 0 Å². The Morgan fingerprint density at radius 3 is 2.96 bits per heavy atom. The number of nitrogens with one attached hydrogen (secondary N) is 1. The van der Waals surface area contributed by atoms with Crippen molar-refractivity contribution in [2.45, 2.75) is 32.6 Å². The van der Waals surface area contributed by atoms with Gasteiger partial charge < -0.3 is 10.1 Å². The Morgan fingerprint density at radius 1 is 1.30 bits per heavy atom. The van der Waals surface area contributed by atoms with Crippen molar-refractivity contribution >= 4 is 29.0 Å². The topological polar surface area (TPSA) is 39.1 Å². The number of benzene rings is 1. The first kappa shape index (κ1) is 16.6. The maximum atomic E-state index is 6.39. The number of hydrogen-bond donors (Lipinski definition) is 1. The van der Waals surface area contributed by atoms with Crippen molar-refractivity contribution in [3.05, 3.63) is 39.5 Å². The summed E-state index contributed by atoms with van der Waals surface area (Å²) in [7, 11) is 0. The minimum atomic E-state index is 0.602. The lowest BCUT2D eigenvalue weighted by Crippen LogP contribution is -2.07. The molecule has 2 aromatic rings. The van der Waals surface area contributed by atoms with E-state index in [-0.39, 0.29) is 0 Å². The highest BCUT2D eigenvalue weighted by atomic mass is 35.5. The van der Waals surface area contributed by atoms with Crippen LogP contribution in [-0.4, -0.2) is 29.5 Å². The van der Waals surface area contributed by atoms with E-state index < -0.39 is 0 Å². The maximum absolute atomic E-state index is 6.39. The van der Waals surface area contributed by atoms with Crippen LogP contribution in [0.5, 0.6) is 0 Å². The molecular weight excluding hydrogens is 333 g/mol. The Bertz CT molecular complexity index is 685. The van der Waals surface area contributed by atoms with Crippen molar-refractivity contribution in [2.75, 3.05) is 25.1 Å². The lowest BCUT2D eigenvalue weighted by molar-refractivity contribution is 0.150. The van der Waals surface area contributed by atoms with E-state index in [1.165, 1.54) is 12.0 Å². The first-order chi connectivity index (χ1) is 11.2. The summed E-state index contributed by atoms with van der Waals surface area (Å²) in [4.78, 5) is 0. The third-order valence-electron chi connectivity index (χ3n) is 4.04. The van der Waals surface area contributed by atoms with Crippen molar-refractivity contribution in [1.82, 2.24) is 9.78 Å². The van der Waals surface area contributed by atoms with Crippen molar-refractivity contribution in [3.63, 3.8) is 0 Å². The summed E-state index contributed by atoms with van der Waals surface area (Å²) in [5.41, 5.74) is 3.23. The number of nitrogens with zero attached hydrogens (tertiary/aromatic N) is 2. The number of fused-ring (bicyclic) bond motifs is 1. The fourth-order valence-electron chi connectivity index (χ4n) is 2.91. The highest BCUT2D eigenvalue weighted by Crippen LogP contribution is 2.32. The normalized spacial score (nSPS) is 14.2. The molecule has 23 heavy (non-hydrogen) atoms. The molecule has 0 amide bonds. The smallest absolute Gasteiger partial charge is 0.133 e. The zero-order valence-electron chi connectivity index (χ0n) is 13.2.